The number of amides is 2. The Bertz CT molecular complexity index is 515. The normalized spacial score (nSPS) is 11.2. The van der Waals surface area contributed by atoms with Crippen LogP contribution in [0.1, 0.15) is 19.4 Å². The summed E-state index contributed by atoms with van der Waals surface area (Å²) in [6.07, 6.45) is 0. The number of benzene rings is 1. The predicted octanol–water partition coefficient (Wildman–Crippen LogP) is 1.69. The van der Waals surface area contributed by atoms with Crippen LogP contribution in [-0.4, -0.2) is 24.9 Å². The number of carbonyl (C=O) groups excluding carboxylic acids is 2. The number of rotatable bonds is 6. The van der Waals surface area contributed by atoms with E-state index in [4.69, 9.17) is 17.3 Å². The van der Waals surface area contributed by atoms with Gasteiger partial charge < -0.3 is 16.4 Å². The molecule has 1 aromatic rings. The van der Waals surface area contributed by atoms with Gasteiger partial charge in [0.25, 0.3) is 0 Å². The maximum Gasteiger partial charge on any atom is 0.238 e. The molecule has 0 radical (unpaired) electrons. The molecular formula is C14H20ClN3O2. The Labute approximate surface area is 123 Å². The lowest BCUT2D eigenvalue weighted by molar-refractivity contribution is -0.126. The van der Waals surface area contributed by atoms with E-state index in [1.807, 2.05) is 13.0 Å². The topological polar surface area (TPSA) is 84.2 Å². The average molecular weight is 298 g/mol. The van der Waals surface area contributed by atoms with E-state index >= 15 is 0 Å². The Morgan fingerprint density at radius 1 is 1.35 bits per heavy atom. The fourth-order valence-electron chi connectivity index (χ4n) is 1.50. The van der Waals surface area contributed by atoms with E-state index in [1.54, 1.807) is 26.0 Å². The van der Waals surface area contributed by atoms with Gasteiger partial charge in [0.1, 0.15) is 0 Å². The standard InChI is InChI=1S/C14H20ClN3O2/c1-9-4-5-10(15)6-11(9)18-12(19)7-17-8-14(2,3)13(16)20/h4-6,17H,7-8H2,1-3H3,(H2,16,20)(H,18,19). The van der Waals surface area contributed by atoms with Crippen molar-refractivity contribution in [2.75, 3.05) is 18.4 Å². The highest BCUT2D eigenvalue weighted by molar-refractivity contribution is 6.31. The summed E-state index contributed by atoms with van der Waals surface area (Å²) in [6, 6.07) is 5.30. The molecule has 0 aliphatic heterocycles. The highest BCUT2D eigenvalue weighted by atomic mass is 35.5. The van der Waals surface area contributed by atoms with E-state index in [1.165, 1.54) is 0 Å². The Balaban J connectivity index is 2.49. The van der Waals surface area contributed by atoms with E-state index in [0.29, 0.717) is 17.3 Å². The molecule has 20 heavy (non-hydrogen) atoms. The summed E-state index contributed by atoms with van der Waals surface area (Å²) in [5.41, 5.74) is 6.17. The zero-order valence-electron chi connectivity index (χ0n) is 11.9. The second-order valence-electron chi connectivity index (χ2n) is 5.36. The number of anilines is 1. The van der Waals surface area contributed by atoms with Crippen LogP contribution in [0, 0.1) is 12.3 Å². The minimum atomic E-state index is -0.688. The predicted molar refractivity (Wildman–Crippen MR) is 80.7 cm³/mol. The van der Waals surface area contributed by atoms with Gasteiger partial charge in [0.05, 0.1) is 12.0 Å². The van der Waals surface area contributed by atoms with Crippen LogP contribution >= 0.6 is 11.6 Å². The van der Waals surface area contributed by atoms with Crippen molar-refractivity contribution in [3.8, 4) is 0 Å². The Morgan fingerprint density at radius 2 is 2.00 bits per heavy atom. The monoisotopic (exact) mass is 297 g/mol. The molecule has 6 heteroatoms. The first kappa shape index (κ1) is 16.5. The fraction of sp³-hybridized carbons (Fsp3) is 0.429. The van der Waals surface area contributed by atoms with Gasteiger partial charge >= 0.3 is 0 Å². The minimum absolute atomic E-state index is 0.0999. The highest BCUT2D eigenvalue weighted by Crippen LogP contribution is 2.19. The summed E-state index contributed by atoms with van der Waals surface area (Å²) < 4.78 is 0. The van der Waals surface area contributed by atoms with E-state index in [2.05, 4.69) is 10.6 Å². The zero-order chi connectivity index (χ0) is 15.3. The molecule has 0 aliphatic carbocycles. The van der Waals surface area contributed by atoms with Crippen molar-refractivity contribution in [1.82, 2.24) is 5.32 Å². The van der Waals surface area contributed by atoms with Crippen molar-refractivity contribution in [2.24, 2.45) is 11.1 Å². The van der Waals surface area contributed by atoms with Crippen LogP contribution in [0.4, 0.5) is 5.69 Å². The van der Waals surface area contributed by atoms with Gasteiger partial charge in [0, 0.05) is 17.3 Å². The molecule has 0 unspecified atom stereocenters. The van der Waals surface area contributed by atoms with Crippen molar-refractivity contribution in [2.45, 2.75) is 20.8 Å². The molecule has 5 nitrogen and oxygen atoms in total. The average Bonchev–Trinajstić information content (AvgIpc) is 2.33. The van der Waals surface area contributed by atoms with E-state index in [9.17, 15) is 9.59 Å². The maximum absolute atomic E-state index is 11.8. The van der Waals surface area contributed by atoms with Crippen LogP contribution in [0.2, 0.25) is 5.02 Å². The van der Waals surface area contributed by atoms with Gasteiger partial charge in [-0.1, -0.05) is 17.7 Å². The van der Waals surface area contributed by atoms with Crippen LogP contribution in [0.5, 0.6) is 0 Å². The lowest BCUT2D eigenvalue weighted by Gasteiger charge is -2.20. The van der Waals surface area contributed by atoms with Crippen molar-refractivity contribution in [3.63, 3.8) is 0 Å². The number of hydrogen-bond donors (Lipinski definition) is 3. The van der Waals surface area contributed by atoms with Crippen LogP contribution in [0.25, 0.3) is 0 Å². The lowest BCUT2D eigenvalue weighted by atomic mass is 9.93. The Hall–Kier alpha value is -1.59. The molecule has 0 spiro atoms. The molecule has 2 amide bonds. The molecule has 1 aromatic carbocycles. The van der Waals surface area contributed by atoms with Crippen LogP contribution in [-0.2, 0) is 9.59 Å². The number of aryl methyl sites for hydroxylation is 1. The molecule has 0 saturated carbocycles. The van der Waals surface area contributed by atoms with Gasteiger partial charge in [0.2, 0.25) is 11.8 Å². The third-order valence-corrected chi connectivity index (χ3v) is 3.23. The quantitative estimate of drug-likeness (QED) is 0.747. The molecule has 0 saturated heterocycles. The summed E-state index contributed by atoms with van der Waals surface area (Å²) in [4.78, 5) is 22.9. The van der Waals surface area contributed by atoms with Crippen LogP contribution in [0.3, 0.4) is 0 Å². The first-order valence-electron chi connectivity index (χ1n) is 6.29. The van der Waals surface area contributed by atoms with Gasteiger partial charge in [-0.2, -0.15) is 0 Å². The summed E-state index contributed by atoms with van der Waals surface area (Å²) in [6.45, 7) is 5.77. The van der Waals surface area contributed by atoms with Crippen molar-refractivity contribution in [1.29, 1.82) is 0 Å². The summed E-state index contributed by atoms with van der Waals surface area (Å²) in [5, 5.41) is 6.24. The second kappa shape index (κ2) is 6.72. The molecule has 0 aromatic heterocycles. The van der Waals surface area contributed by atoms with Crippen molar-refractivity contribution >= 4 is 29.1 Å². The molecule has 0 bridgehead atoms. The summed E-state index contributed by atoms with van der Waals surface area (Å²) in [5.74, 6) is -0.605. The molecule has 0 aliphatic rings. The summed E-state index contributed by atoms with van der Waals surface area (Å²) in [7, 11) is 0. The van der Waals surface area contributed by atoms with E-state index in [0.717, 1.165) is 5.56 Å². The van der Waals surface area contributed by atoms with Gasteiger partial charge in [-0.15, -0.1) is 0 Å². The third kappa shape index (κ3) is 4.83. The molecule has 0 atom stereocenters. The largest absolute Gasteiger partial charge is 0.369 e. The minimum Gasteiger partial charge on any atom is -0.369 e. The number of carbonyl (C=O) groups is 2. The van der Waals surface area contributed by atoms with E-state index in [-0.39, 0.29) is 12.5 Å². The SMILES string of the molecule is Cc1ccc(Cl)cc1NC(=O)CNCC(C)(C)C(N)=O. The van der Waals surface area contributed by atoms with E-state index < -0.39 is 11.3 Å². The highest BCUT2D eigenvalue weighted by Gasteiger charge is 2.24. The van der Waals surface area contributed by atoms with Crippen molar-refractivity contribution < 1.29 is 9.59 Å². The molecule has 1 rings (SSSR count). The molecule has 110 valence electrons. The fourth-order valence-corrected chi connectivity index (χ4v) is 1.67. The second-order valence-corrected chi connectivity index (χ2v) is 5.80. The van der Waals surface area contributed by atoms with Gasteiger partial charge in [-0.3, -0.25) is 9.59 Å². The third-order valence-electron chi connectivity index (χ3n) is 2.99. The maximum atomic E-state index is 11.8. The molecule has 4 N–H and O–H groups in total. The van der Waals surface area contributed by atoms with Gasteiger partial charge in [0.15, 0.2) is 0 Å². The Kier molecular flexibility index (Phi) is 5.53. The smallest absolute Gasteiger partial charge is 0.238 e. The number of halogens is 1. The Morgan fingerprint density at radius 3 is 2.60 bits per heavy atom. The zero-order valence-corrected chi connectivity index (χ0v) is 12.7. The number of primary amides is 1. The van der Waals surface area contributed by atoms with Crippen LogP contribution in [0.15, 0.2) is 18.2 Å². The molecule has 0 heterocycles. The summed E-state index contributed by atoms with van der Waals surface area (Å²) >= 11 is 5.88. The first-order chi connectivity index (χ1) is 9.22. The molecular weight excluding hydrogens is 278 g/mol. The number of hydrogen-bond acceptors (Lipinski definition) is 3. The number of nitrogens with two attached hydrogens (primary N) is 1. The lowest BCUT2D eigenvalue weighted by Crippen LogP contribution is -2.42. The molecule has 0 fully saturated rings. The number of nitrogens with one attached hydrogen (secondary N) is 2. The first-order valence-corrected chi connectivity index (χ1v) is 6.67. The van der Waals surface area contributed by atoms with Gasteiger partial charge in [-0.05, 0) is 38.5 Å². The van der Waals surface area contributed by atoms with Gasteiger partial charge in [-0.25, -0.2) is 0 Å². The van der Waals surface area contributed by atoms with Crippen molar-refractivity contribution in [3.05, 3.63) is 28.8 Å². The van der Waals surface area contributed by atoms with Crippen LogP contribution < -0.4 is 16.4 Å².